The number of nitrogens with zero attached hydrogens (tertiary/aromatic N) is 3. The van der Waals surface area contributed by atoms with Crippen molar-refractivity contribution in [3.8, 4) is 0 Å². The zero-order valence-corrected chi connectivity index (χ0v) is 13.0. The first-order chi connectivity index (χ1) is 9.74. The molecular weight excluding hydrogens is 248 g/mol. The van der Waals surface area contributed by atoms with E-state index in [1.165, 1.54) is 5.69 Å². The lowest BCUT2D eigenvalue weighted by molar-refractivity contribution is 0.110. The van der Waals surface area contributed by atoms with Crippen LogP contribution in [-0.4, -0.2) is 60.1 Å². The summed E-state index contributed by atoms with van der Waals surface area (Å²) in [5, 5.41) is 3.52. The van der Waals surface area contributed by atoms with E-state index >= 15 is 0 Å². The average molecular weight is 276 g/mol. The quantitative estimate of drug-likeness (QED) is 0.858. The maximum Gasteiger partial charge on any atom is 0.0650 e. The fraction of sp³-hybridized carbons (Fsp3) is 0.688. The smallest absolute Gasteiger partial charge is 0.0650 e. The maximum absolute atomic E-state index is 4.61. The van der Waals surface area contributed by atoms with Crippen LogP contribution in [0.2, 0.25) is 0 Å². The largest absolute Gasteiger partial charge is 0.312 e. The van der Waals surface area contributed by atoms with Crippen LogP contribution in [0.1, 0.15) is 32.5 Å². The molecule has 1 saturated heterocycles. The van der Waals surface area contributed by atoms with Gasteiger partial charge in [-0.15, -0.1) is 0 Å². The van der Waals surface area contributed by atoms with Crippen LogP contribution < -0.4 is 5.32 Å². The van der Waals surface area contributed by atoms with Gasteiger partial charge in [0.15, 0.2) is 0 Å². The standard InChI is InChI=1S/C16H28N4/c1-4-19(5-2)13-16(15-8-6-7-9-18-15)20-11-10-17-14(3)12-20/h6-9,14,16-17H,4-5,10-13H2,1-3H3. The molecule has 1 aliphatic heterocycles. The molecule has 0 aromatic carbocycles. The number of rotatable bonds is 6. The predicted octanol–water partition coefficient (Wildman–Crippen LogP) is 1.76. The van der Waals surface area contributed by atoms with Gasteiger partial charge in [-0.05, 0) is 32.1 Å². The second kappa shape index (κ2) is 7.72. The molecule has 4 heteroatoms. The minimum atomic E-state index is 0.403. The van der Waals surface area contributed by atoms with Crippen molar-refractivity contribution >= 4 is 0 Å². The highest BCUT2D eigenvalue weighted by molar-refractivity contribution is 5.10. The van der Waals surface area contributed by atoms with E-state index in [1.807, 2.05) is 12.3 Å². The Morgan fingerprint density at radius 1 is 1.40 bits per heavy atom. The zero-order valence-electron chi connectivity index (χ0n) is 13.0. The van der Waals surface area contributed by atoms with Gasteiger partial charge in [-0.2, -0.15) is 0 Å². The molecule has 2 unspecified atom stereocenters. The van der Waals surface area contributed by atoms with Crippen LogP contribution in [0, 0.1) is 0 Å². The molecule has 1 aromatic heterocycles. The molecule has 4 nitrogen and oxygen atoms in total. The topological polar surface area (TPSA) is 31.4 Å². The zero-order chi connectivity index (χ0) is 14.4. The average Bonchev–Trinajstić information content (AvgIpc) is 2.49. The minimum absolute atomic E-state index is 0.403. The fourth-order valence-corrected chi connectivity index (χ4v) is 2.94. The molecule has 0 aliphatic carbocycles. The number of hydrogen-bond acceptors (Lipinski definition) is 4. The van der Waals surface area contributed by atoms with Crippen molar-refractivity contribution in [3.63, 3.8) is 0 Å². The Bertz CT molecular complexity index is 377. The van der Waals surface area contributed by atoms with Crippen molar-refractivity contribution in [2.45, 2.75) is 32.9 Å². The lowest BCUT2D eigenvalue weighted by Gasteiger charge is -2.39. The van der Waals surface area contributed by atoms with Gasteiger partial charge in [-0.25, -0.2) is 0 Å². The van der Waals surface area contributed by atoms with Crippen LogP contribution in [0.5, 0.6) is 0 Å². The van der Waals surface area contributed by atoms with Crippen LogP contribution in [0.25, 0.3) is 0 Å². The van der Waals surface area contributed by atoms with E-state index in [-0.39, 0.29) is 0 Å². The third kappa shape index (κ3) is 4.01. The number of aromatic nitrogens is 1. The van der Waals surface area contributed by atoms with Crippen LogP contribution in [0.4, 0.5) is 0 Å². The summed E-state index contributed by atoms with van der Waals surface area (Å²) in [7, 11) is 0. The van der Waals surface area contributed by atoms with Crippen molar-refractivity contribution in [1.29, 1.82) is 0 Å². The van der Waals surface area contributed by atoms with Crippen molar-refractivity contribution in [2.75, 3.05) is 39.3 Å². The number of nitrogens with one attached hydrogen (secondary N) is 1. The molecule has 112 valence electrons. The number of hydrogen-bond donors (Lipinski definition) is 1. The Balaban J connectivity index is 2.15. The van der Waals surface area contributed by atoms with E-state index in [2.05, 4.69) is 53.0 Å². The Hall–Kier alpha value is -0.970. The fourth-order valence-electron chi connectivity index (χ4n) is 2.94. The van der Waals surface area contributed by atoms with Gasteiger partial charge in [0.05, 0.1) is 11.7 Å². The molecule has 1 N–H and O–H groups in total. The van der Waals surface area contributed by atoms with Crippen molar-refractivity contribution < 1.29 is 0 Å². The highest BCUT2D eigenvalue weighted by atomic mass is 15.3. The lowest BCUT2D eigenvalue weighted by atomic mass is 10.1. The molecule has 1 fully saturated rings. The van der Waals surface area contributed by atoms with Crippen LogP contribution >= 0.6 is 0 Å². The summed E-state index contributed by atoms with van der Waals surface area (Å²) in [5.74, 6) is 0. The van der Waals surface area contributed by atoms with Gasteiger partial charge in [-0.1, -0.05) is 19.9 Å². The van der Waals surface area contributed by atoms with E-state index in [1.54, 1.807) is 0 Å². The van der Waals surface area contributed by atoms with E-state index in [9.17, 15) is 0 Å². The normalized spacial score (nSPS) is 22.1. The van der Waals surface area contributed by atoms with Crippen LogP contribution in [0.15, 0.2) is 24.4 Å². The van der Waals surface area contributed by atoms with Gasteiger partial charge < -0.3 is 10.2 Å². The molecule has 0 amide bonds. The number of likely N-dealkylation sites (N-methyl/N-ethyl adjacent to an activating group) is 1. The summed E-state index contributed by atoms with van der Waals surface area (Å²) in [6, 6.07) is 7.23. The van der Waals surface area contributed by atoms with Crippen molar-refractivity contribution in [3.05, 3.63) is 30.1 Å². The summed E-state index contributed by atoms with van der Waals surface area (Å²) in [5.41, 5.74) is 1.20. The van der Waals surface area contributed by atoms with E-state index in [4.69, 9.17) is 0 Å². The Morgan fingerprint density at radius 2 is 2.20 bits per heavy atom. The van der Waals surface area contributed by atoms with E-state index in [0.717, 1.165) is 39.3 Å². The van der Waals surface area contributed by atoms with E-state index < -0.39 is 0 Å². The molecule has 1 aliphatic rings. The van der Waals surface area contributed by atoms with Gasteiger partial charge >= 0.3 is 0 Å². The van der Waals surface area contributed by atoms with Crippen molar-refractivity contribution in [2.24, 2.45) is 0 Å². The monoisotopic (exact) mass is 276 g/mol. The molecule has 0 radical (unpaired) electrons. The third-order valence-corrected chi connectivity index (χ3v) is 4.20. The summed E-state index contributed by atoms with van der Waals surface area (Å²) in [6.07, 6.45) is 1.91. The SMILES string of the molecule is CCN(CC)CC(c1ccccn1)N1CCNC(C)C1. The van der Waals surface area contributed by atoms with Crippen LogP contribution in [-0.2, 0) is 0 Å². The molecule has 0 saturated carbocycles. The minimum Gasteiger partial charge on any atom is -0.312 e. The van der Waals surface area contributed by atoms with Gasteiger partial charge in [0, 0.05) is 38.4 Å². The summed E-state index contributed by atoms with van der Waals surface area (Å²) >= 11 is 0. The van der Waals surface area contributed by atoms with Gasteiger partial charge in [0.1, 0.15) is 0 Å². The molecule has 2 atom stereocenters. The van der Waals surface area contributed by atoms with Gasteiger partial charge in [0.25, 0.3) is 0 Å². The molecular formula is C16H28N4. The molecule has 0 spiro atoms. The molecule has 2 rings (SSSR count). The van der Waals surface area contributed by atoms with Gasteiger partial charge in [-0.3, -0.25) is 9.88 Å². The second-order valence-corrected chi connectivity index (χ2v) is 5.61. The highest BCUT2D eigenvalue weighted by Gasteiger charge is 2.26. The summed E-state index contributed by atoms with van der Waals surface area (Å²) in [6.45, 7) is 13.3. The number of pyridine rings is 1. The lowest BCUT2D eigenvalue weighted by Crippen LogP contribution is -2.52. The number of piperazine rings is 1. The molecule has 1 aromatic rings. The van der Waals surface area contributed by atoms with Crippen molar-refractivity contribution in [1.82, 2.24) is 20.1 Å². The molecule has 0 bridgehead atoms. The summed E-state index contributed by atoms with van der Waals surface area (Å²) < 4.78 is 0. The Kier molecular flexibility index (Phi) is 5.95. The Labute approximate surface area is 123 Å². The maximum atomic E-state index is 4.61. The van der Waals surface area contributed by atoms with Crippen LogP contribution in [0.3, 0.4) is 0 Å². The van der Waals surface area contributed by atoms with Gasteiger partial charge in [0.2, 0.25) is 0 Å². The first-order valence-corrected chi connectivity index (χ1v) is 7.85. The Morgan fingerprint density at radius 3 is 2.80 bits per heavy atom. The molecule has 2 heterocycles. The predicted molar refractivity (Wildman–Crippen MR) is 83.8 cm³/mol. The second-order valence-electron chi connectivity index (χ2n) is 5.61. The first kappa shape index (κ1) is 15.4. The highest BCUT2D eigenvalue weighted by Crippen LogP contribution is 2.21. The first-order valence-electron chi connectivity index (χ1n) is 7.85. The third-order valence-electron chi connectivity index (χ3n) is 4.20. The molecule has 20 heavy (non-hydrogen) atoms. The van der Waals surface area contributed by atoms with E-state index in [0.29, 0.717) is 12.1 Å². The summed E-state index contributed by atoms with van der Waals surface area (Å²) in [4.78, 5) is 9.69.